The Balaban J connectivity index is 0.000000705. The predicted octanol–water partition coefficient (Wildman–Crippen LogP) is 0.891. The first kappa shape index (κ1) is 22.0. The Kier molecular flexibility index (Phi) is 10.2. The number of rotatable bonds is 7. The van der Waals surface area contributed by atoms with E-state index in [-0.39, 0.29) is 12.1 Å². The van der Waals surface area contributed by atoms with Crippen molar-refractivity contribution >= 4 is 17.5 Å². The smallest absolute Gasteiger partial charge is 0.270 e. The van der Waals surface area contributed by atoms with Crippen LogP contribution in [0.1, 0.15) is 34.1 Å². The van der Waals surface area contributed by atoms with E-state index in [4.69, 9.17) is 14.6 Å². The zero-order valence-corrected chi connectivity index (χ0v) is 16.5. The van der Waals surface area contributed by atoms with Crippen LogP contribution in [0.15, 0.2) is 0 Å². The second-order valence-corrected chi connectivity index (χ2v) is 7.34. The molecular weight excluding hydrogens is 344 g/mol. The van der Waals surface area contributed by atoms with E-state index in [0.717, 1.165) is 37.1 Å². The SMILES string of the molecule is CC(C)(C)NC[C@H](O)COc1nsnc1N1CCOCC1.CCCO. The lowest BCUT2D eigenvalue weighted by molar-refractivity contribution is 0.0975. The van der Waals surface area contributed by atoms with Gasteiger partial charge in [-0.05, 0) is 27.2 Å². The highest BCUT2D eigenvalue weighted by Gasteiger charge is 2.21. The second-order valence-electron chi connectivity index (χ2n) is 6.81. The number of aromatic nitrogens is 2. The fourth-order valence-electron chi connectivity index (χ4n) is 1.89. The highest BCUT2D eigenvalue weighted by Crippen LogP contribution is 2.26. The van der Waals surface area contributed by atoms with Crippen molar-refractivity contribution in [2.75, 3.05) is 51.0 Å². The van der Waals surface area contributed by atoms with Crippen LogP contribution in [-0.4, -0.2) is 76.7 Å². The third-order valence-corrected chi connectivity index (χ3v) is 3.76. The maximum atomic E-state index is 9.95. The molecule has 9 heteroatoms. The standard InChI is InChI=1S/C13H24N4O3S.C3H8O/c1-13(2,3)14-8-10(18)9-20-12-11(15-21-16-12)17-4-6-19-7-5-17;1-2-3-4/h10,14,18H,4-9H2,1-3H3;4H,2-3H2,1H3/t10-;/m0./s1. The van der Waals surface area contributed by atoms with Gasteiger partial charge in [0.2, 0.25) is 5.82 Å². The molecule has 0 radical (unpaired) electrons. The minimum Gasteiger partial charge on any atom is -0.472 e. The van der Waals surface area contributed by atoms with E-state index < -0.39 is 6.10 Å². The molecule has 1 saturated heterocycles. The van der Waals surface area contributed by atoms with E-state index in [1.165, 1.54) is 0 Å². The van der Waals surface area contributed by atoms with Crippen molar-refractivity contribution < 1.29 is 19.7 Å². The molecule has 0 aliphatic carbocycles. The highest BCUT2D eigenvalue weighted by molar-refractivity contribution is 6.99. The summed E-state index contributed by atoms with van der Waals surface area (Å²) in [5.74, 6) is 1.25. The zero-order valence-electron chi connectivity index (χ0n) is 15.7. The van der Waals surface area contributed by atoms with Crippen LogP contribution < -0.4 is 15.0 Å². The molecule has 0 unspecified atom stereocenters. The maximum absolute atomic E-state index is 9.95. The molecule has 146 valence electrons. The molecule has 1 aromatic heterocycles. The zero-order chi connectivity index (χ0) is 18.7. The molecule has 0 saturated carbocycles. The Labute approximate surface area is 154 Å². The molecule has 1 atom stereocenters. The van der Waals surface area contributed by atoms with Crippen LogP contribution in [0.3, 0.4) is 0 Å². The minimum absolute atomic E-state index is 0.0257. The van der Waals surface area contributed by atoms with Crippen molar-refractivity contribution in [1.29, 1.82) is 0 Å². The summed E-state index contributed by atoms with van der Waals surface area (Å²) in [6, 6.07) is 0. The minimum atomic E-state index is -0.580. The monoisotopic (exact) mass is 376 g/mol. The number of hydrogen-bond donors (Lipinski definition) is 3. The molecule has 2 heterocycles. The molecule has 2 rings (SSSR count). The fraction of sp³-hybridized carbons (Fsp3) is 0.875. The van der Waals surface area contributed by atoms with E-state index in [9.17, 15) is 5.11 Å². The lowest BCUT2D eigenvalue weighted by atomic mass is 10.1. The number of morpholine rings is 1. The number of nitrogens with one attached hydrogen (secondary N) is 1. The average molecular weight is 377 g/mol. The normalized spacial score (nSPS) is 16.2. The summed E-state index contributed by atoms with van der Waals surface area (Å²) in [4.78, 5) is 2.10. The number of anilines is 1. The number of aliphatic hydroxyl groups excluding tert-OH is 2. The number of β-amino-alcohol motifs (C(OH)–C–C–N with tert-alkyl or cyclic N) is 1. The van der Waals surface area contributed by atoms with Crippen LogP contribution in [0.2, 0.25) is 0 Å². The predicted molar refractivity (Wildman–Crippen MR) is 99.6 cm³/mol. The van der Waals surface area contributed by atoms with Crippen LogP contribution in [0.25, 0.3) is 0 Å². The molecule has 1 aliphatic rings. The molecule has 1 aliphatic heterocycles. The van der Waals surface area contributed by atoms with E-state index >= 15 is 0 Å². The fourth-order valence-corrected chi connectivity index (χ4v) is 2.41. The summed E-state index contributed by atoms with van der Waals surface area (Å²) in [5.41, 5.74) is -0.0257. The lowest BCUT2D eigenvalue weighted by Crippen LogP contribution is -2.42. The highest BCUT2D eigenvalue weighted by atomic mass is 32.1. The van der Waals surface area contributed by atoms with Crippen molar-refractivity contribution in [3.8, 4) is 5.88 Å². The van der Waals surface area contributed by atoms with Gasteiger partial charge in [0, 0.05) is 31.8 Å². The Morgan fingerprint density at radius 2 is 1.96 bits per heavy atom. The summed E-state index contributed by atoms with van der Waals surface area (Å²) in [6.45, 7) is 12.1. The van der Waals surface area contributed by atoms with Gasteiger partial charge in [-0.15, -0.1) is 4.37 Å². The molecule has 0 spiro atoms. The van der Waals surface area contributed by atoms with E-state index in [2.05, 4.69) is 39.7 Å². The van der Waals surface area contributed by atoms with Crippen LogP contribution in [0, 0.1) is 0 Å². The van der Waals surface area contributed by atoms with Gasteiger partial charge in [-0.1, -0.05) is 6.92 Å². The number of nitrogens with zero attached hydrogens (tertiary/aromatic N) is 3. The first-order chi connectivity index (χ1) is 11.9. The first-order valence-corrected chi connectivity index (χ1v) is 9.42. The van der Waals surface area contributed by atoms with Crippen LogP contribution in [0.4, 0.5) is 5.82 Å². The number of ether oxygens (including phenoxy) is 2. The van der Waals surface area contributed by atoms with E-state index in [1.54, 1.807) is 0 Å². The van der Waals surface area contributed by atoms with Crippen LogP contribution in [0.5, 0.6) is 5.88 Å². The van der Waals surface area contributed by atoms with Gasteiger partial charge in [0.25, 0.3) is 5.88 Å². The largest absolute Gasteiger partial charge is 0.472 e. The summed E-state index contributed by atoms with van der Waals surface area (Å²) >= 11 is 1.12. The van der Waals surface area contributed by atoms with Gasteiger partial charge >= 0.3 is 0 Å². The van der Waals surface area contributed by atoms with Crippen molar-refractivity contribution in [3.63, 3.8) is 0 Å². The molecule has 0 bridgehead atoms. The topological polar surface area (TPSA) is 100.0 Å². The average Bonchev–Trinajstić information content (AvgIpc) is 3.07. The number of aliphatic hydroxyl groups is 2. The third-order valence-electron chi connectivity index (χ3n) is 3.26. The molecule has 25 heavy (non-hydrogen) atoms. The summed E-state index contributed by atoms with van der Waals surface area (Å²) < 4.78 is 19.4. The Morgan fingerprint density at radius 1 is 1.32 bits per heavy atom. The quantitative estimate of drug-likeness (QED) is 0.645. The van der Waals surface area contributed by atoms with Crippen LogP contribution in [-0.2, 0) is 4.74 Å². The van der Waals surface area contributed by atoms with Crippen molar-refractivity contribution in [2.24, 2.45) is 0 Å². The second kappa shape index (κ2) is 11.6. The van der Waals surface area contributed by atoms with Gasteiger partial charge in [-0.3, -0.25) is 0 Å². The molecule has 3 N–H and O–H groups in total. The summed E-state index contributed by atoms with van der Waals surface area (Å²) in [7, 11) is 0. The molecule has 1 fully saturated rings. The van der Waals surface area contributed by atoms with Gasteiger partial charge < -0.3 is 29.9 Å². The van der Waals surface area contributed by atoms with Gasteiger partial charge in [0.15, 0.2) is 0 Å². The maximum Gasteiger partial charge on any atom is 0.270 e. The lowest BCUT2D eigenvalue weighted by Gasteiger charge is -2.27. The first-order valence-electron chi connectivity index (χ1n) is 8.69. The van der Waals surface area contributed by atoms with Gasteiger partial charge in [0.05, 0.1) is 24.9 Å². The van der Waals surface area contributed by atoms with Gasteiger partial charge in [0.1, 0.15) is 12.7 Å². The molecule has 0 amide bonds. The Hall–Kier alpha value is -1.00. The summed E-state index contributed by atoms with van der Waals surface area (Å²) in [5, 5.41) is 21.1. The van der Waals surface area contributed by atoms with Crippen LogP contribution >= 0.6 is 11.7 Å². The molecule has 1 aromatic rings. The third kappa shape index (κ3) is 9.31. The summed E-state index contributed by atoms with van der Waals surface area (Å²) in [6.07, 6.45) is 0.295. The molecular formula is C16H32N4O4S. The molecule has 8 nitrogen and oxygen atoms in total. The van der Waals surface area contributed by atoms with Gasteiger partial charge in [-0.25, -0.2) is 0 Å². The van der Waals surface area contributed by atoms with Crippen molar-refractivity contribution in [2.45, 2.75) is 45.8 Å². The molecule has 0 aromatic carbocycles. The Bertz CT molecular complexity index is 459. The van der Waals surface area contributed by atoms with Gasteiger partial charge in [-0.2, -0.15) is 4.37 Å². The number of hydrogen-bond acceptors (Lipinski definition) is 9. The van der Waals surface area contributed by atoms with Crippen molar-refractivity contribution in [1.82, 2.24) is 14.1 Å². The van der Waals surface area contributed by atoms with E-state index in [1.807, 2.05) is 6.92 Å². The van der Waals surface area contributed by atoms with E-state index in [0.29, 0.717) is 32.2 Å². The van der Waals surface area contributed by atoms with Crippen molar-refractivity contribution in [3.05, 3.63) is 0 Å². The Morgan fingerprint density at radius 3 is 2.52 bits per heavy atom.